The topological polar surface area (TPSA) is 74.8 Å². The maximum atomic E-state index is 12.7. The molecule has 0 aliphatic rings. The minimum absolute atomic E-state index is 0.109. The highest BCUT2D eigenvalue weighted by molar-refractivity contribution is 7.15. The van der Waals surface area contributed by atoms with Crippen molar-refractivity contribution in [3.63, 3.8) is 0 Å². The number of nitrogens with one attached hydrogen (secondary N) is 2. The molecule has 152 valence electrons. The molecule has 4 aromatic rings. The number of carbonyl (C=O) groups excluding carboxylic acids is 1. The van der Waals surface area contributed by atoms with Gasteiger partial charge >= 0.3 is 6.18 Å². The Bertz CT molecular complexity index is 1280. The van der Waals surface area contributed by atoms with Crippen molar-refractivity contribution < 1.29 is 18.0 Å². The van der Waals surface area contributed by atoms with E-state index in [2.05, 4.69) is 15.3 Å². The van der Waals surface area contributed by atoms with E-state index in [0.29, 0.717) is 27.9 Å². The van der Waals surface area contributed by atoms with Crippen LogP contribution in [-0.2, 0) is 12.6 Å². The lowest BCUT2D eigenvalue weighted by molar-refractivity contribution is -0.137. The third kappa shape index (κ3) is 4.25. The van der Waals surface area contributed by atoms with Crippen LogP contribution in [0.25, 0.3) is 10.8 Å². The highest BCUT2D eigenvalue weighted by Crippen LogP contribution is 2.30. The first kappa shape index (κ1) is 19.8. The maximum Gasteiger partial charge on any atom is 0.416 e. The van der Waals surface area contributed by atoms with E-state index >= 15 is 0 Å². The number of benzene rings is 2. The highest BCUT2D eigenvalue weighted by atomic mass is 32.1. The van der Waals surface area contributed by atoms with E-state index in [-0.39, 0.29) is 11.3 Å². The molecule has 2 heterocycles. The molecule has 0 saturated carbocycles. The summed E-state index contributed by atoms with van der Waals surface area (Å²) >= 11 is 1.21. The van der Waals surface area contributed by atoms with Gasteiger partial charge in [-0.15, -0.1) is 11.3 Å². The molecule has 2 aromatic carbocycles. The number of amides is 1. The Morgan fingerprint density at radius 1 is 1.10 bits per heavy atom. The third-order valence-electron chi connectivity index (χ3n) is 4.43. The highest BCUT2D eigenvalue weighted by Gasteiger charge is 2.29. The van der Waals surface area contributed by atoms with Crippen molar-refractivity contribution in [1.29, 1.82) is 0 Å². The van der Waals surface area contributed by atoms with Gasteiger partial charge in [0.15, 0.2) is 5.13 Å². The fraction of sp³-hybridized carbons (Fsp3) is 0.0952. The average molecular weight is 429 g/mol. The lowest BCUT2D eigenvalue weighted by atomic mass is 10.1. The Kier molecular flexibility index (Phi) is 5.13. The van der Waals surface area contributed by atoms with Gasteiger partial charge in [-0.3, -0.25) is 14.9 Å². The Morgan fingerprint density at radius 3 is 2.57 bits per heavy atom. The molecule has 2 N–H and O–H groups in total. The number of halogens is 3. The number of hydrogen-bond acceptors (Lipinski definition) is 4. The first-order chi connectivity index (χ1) is 14.3. The fourth-order valence-electron chi connectivity index (χ4n) is 2.96. The number of pyridine rings is 1. The van der Waals surface area contributed by atoms with Gasteiger partial charge in [-0.2, -0.15) is 13.2 Å². The summed E-state index contributed by atoms with van der Waals surface area (Å²) in [6, 6.07) is 13.4. The predicted octanol–water partition coefficient (Wildman–Crippen LogP) is 4.85. The number of anilines is 1. The minimum atomic E-state index is -4.37. The van der Waals surface area contributed by atoms with Crippen LogP contribution in [0.1, 0.15) is 26.5 Å². The number of aromatic nitrogens is 2. The number of nitrogens with zero attached hydrogens (tertiary/aromatic N) is 1. The first-order valence-corrected chi connectivity index (χ1v) is 9.65. The van der Waals surface area contributed by atoms with E-state index in [1.54, 1.807) is 36.5 Å². The third-order valence-corrected chi connectivity index (χ3v) is 5.34. The molecule has 0 spiro atoms. The lowest BCUT2D eigenvalue weighted by Crippen LogP contribution is -2.18. The van der Waals surface area contributed by atoms with Crippen molar-refractivity contribution in [2.45, 2.75) is 12.6 Å². The number of fused-ring (bicyclic) bond motifs is 1. The Labute approximate surface area is 172 Å². The van der Waals surface area contributed by atoms with Crippen LogP contribution in [0.5, 0.6) is 0 Å². The molecular formula is C21H14F3N3O2S. The van der Waals surface area contributed by atoms with Crippen LogP contribution in [0, 0.1) is 0 Å². The molecule has 0 saturated heterocycles. The van der Waals surface area contributed by atoms with Gasteiger partial charge in [-0.25, -0.2) is 4.98 Å². The van der Waals surface area contributed by atoms with Gasteiger partial charge in [0.25, 0.3) is 11.5 Å². The van der Waals surface area contributed by atoms with Crippen molar-refractivity contribution in [2.75, 3.05) is 5.32 Å². The van der Waals surface area contributed by atoms with Crippen LogP contribution in [-0.4, -0.2) is 15.9 Å². The zero-order chi connectivity index (χ0) is 21.3. The standard InChI is InChI=1S/C21H14F3N3O2S/c22-21(23,24)14-7-5-12(6-8-14)9-15-11-25-20(30-15)27-19(29)17-10-13-3-1-2-4-16(13)18(28)26-17/h1-8,10-11H,9H2,(H,26,28)(H,25,27,29). The maximum absolute atomic E-state index is 12.7. The normalized spacial score (nSPS) is 11.6. The summed E-state index contributed by atoms with van der Waals surface area (Å²) in [5.74, 6) is -0.506. The van der Waals surface area contributed by atoms with Gasteiger partial charge in [0.05, 0.1) is 5.56 Å². The minimum Gasteiger partial charge on any atom is -0.317 e. The van der Waals surface area contributed by atoms with Crippen LogP contribution in [0.3, 0.4) is 0 Å². The predicted molar refractivity (Wildman–Crippen MR) is 109 cm³/mol. The number of H-pyrrole nitrogens is 1. The molecule has 0 aliphatic carbocycles. The first-order valence-electron chi connectivity index (χ1n) is 8.84. The van der Waals surface area contributed by atoms with Crippen molar-refractivity contribution in [1.82, 2.24) is 9.97 Å². The molecule has 0 aliphatic heterocycles. The summed E-state index contributed by atoms with van der Waals surface area (Å²) in [5.41, 5.74) is -0.255. The van der Waals surface area contributed by atoms with E-state index in [1.165, 1.54) is 23.5 Å². The van der Waals surface area contributed by atoms with E-state index in [9.17, 15) is 22.8 Å². The fourth-order valence-corrected chi connectivity index (χ4v) is 3.80. The summed E-state index contributed by atoms with van der Waals surface area (Å²) in [4.78, 5) is 32.1. The molecule has 0 bridgehead atoms. The molecular weight excluding hydrogens is 415 g/mol. The number of alkyl halides is 3. The summed E-state index contributed by atoms with van der Waals surface area (Å²) in [6.07, 6.45) is -2.43. The lowest BCUT2D eigenvalue weighted by Gasteiger charge is -2.06. The Balaban J connectivity index is 1.47. The second-order valence-electron chi connectivity index (χ2n) is 6.56. The average Bonchev–Trinajstić information content (AvgIpc) is 3.14. The number of rotatable bonds is 4. The van der Waals surface area contributed by atoms with Crippen molar-refractivity contribution in [3.8, 4) is 0 Å². The van der Waals surface area contributed by atoms with E-state index in [4.69, 9.17) is 0 Å². The Morgan fingerprint density at radius 2 is 1.83 bits per heavy atom. The SMILES string of the molecule is O=C(Nc1ncc(Cc2ccc(C(F)(F)F)cc2)s1)c1cc2ccccc2c(=O)[nH]1. The summed E-state index contributed by atoms with van der Waals surface area (Å²) in [7, 11) is 0. The van der Waals surface area contributed by atoms with Crippen molar-refractivity contribution in [2.24, 2.45) is 0 Å². The number of aromatic amines is 1. The van der Waals surface area contributed by atoms with Gasteiger partial charge in [0, 0.05) is 22.9 Å². The molecule has 0 radical (unpaired) electrons. The largest absolute Gasteiger partial charge is 0.416 e. The molecule has 2 aromatic heterocycles. The van der Waals surface area contributed by atoms with Crippen LogP contribution >= 0.6 is 11.3 Å². The quantitative estimate of drug-likeness (QED) is 0.487. The van der Waals surface area contributed by atoms with Crippen molar-refractivity contribution >= 4 is 33.1 Å². The molecule has 0 atom stereocenters. The van der Waals surface area contributed by atoms with Crippen LogP contribution in [0.4, 0.5) is 18.3 Å². The molecule has 30 heavy (non-hydrogen) atoms. The van der Waals surface area contributed by atoms with Crippen LogP contribution in [0.2, 0.25) is 0 Å². The van der Waals surface area contributed by atoms with E-state index in [1.807, 2.05) is 0 Å². The summed E-state index contributed by atoms with van der Waals surface area (Å²) in [5, 5.41) is 4.10. The molecule has 1 amide bonds. The van der Waals surface area contributed by atoms with Crippen molar-refractivity contribution in [3.05, 3.63) is 92.8 Å². The molecule has 4 rings (SSSR count). The smallest absolute Gasteiger partial charge is 0.317 e. The van der Waals surface area contributed by atoms with Gasteiger partial charge in [0.2, 0.25) is 0 Å². The Hall–Kier alpha value is -3.46. The van der Waals surface area contributed by atoms with Gasteiger partial charge in [-0.1, -0.05) is 30.3 Å². The van der Waals surface area contributed by atoms with Gasteiger partial charge in [0.1, 0.15) is 5.69 Å². The van der Waals surface area contributed by atoms with Gasteiger partial charge in [-0.05, 0) is 35.2 Å². The van der Waals surface area contributed by atoms with Gasteiger partial charge < -0.3 is 4.98 Å². The second-order valence-corrected chi connectivity index (χ2v) is 7.67. The number of hydrogen-bond donors (Lipinski definition) is 2. The van der Waals surface area contributed by atoms with Crippen LogP contribution < -0.4 is 10.9 Å². The van der Waals surface area contributed by atoms with E-state index in [0.717, 1.165) is 17.0 Å². The summed E-state index contributed by atoms with van der Waals surface area (Å²) in [6.45, 7) is 0. The summed E-state index contributed by atoms with van der Waals surface area (Å²) < 4.78 is 38.0. The zero-order valence-corrected chi connectivity index (χ0v) is 16.1. The molecule has 0 unspecified atom stereocenters. The molecule has 5 nitrogen and oxygen atoms in total. The monoisotopic (exact) mass is 429 g/mol. The molecule has 9 heteroatoms. The van der Waals surface area contributed by atoms with E-state index < -0.39 is 17.6 Å². The zero-order valence-electron chi connectivity index (χ0n) is 15.3. The second kappa shape index (κ2) is 7.75. The van der Waals surface area contributed by atoms with Crippen LogP contribution in [0.15, 0.2) is 65.6 Å². The molecule has 0 fully saturated rings. The number of carbonyl (C=O) groups is 1. The number of thiazole rings is 1.